The first-order valence-electron chi connectivity index (χ1n) is 8.41. The Bertz CT molecular complexity index is 903. The highest BCUT2D eigenvalue weighted by Crippen LogP contribution is 2.33. The molecule has 1 aliphatic heterocycles. The molecule has 0 spiro atoms. The topological polar surface area (TPSA) is 29.3 Å². The molecule has 0 amide bonds. The van der Waals surface area contributed by atoms with Gasteiger partial charge in [0, 0.05) is 31.7 Å². The Morgan fingerprint density at radius 2 is 1.81 bits per heavy atom. The van der Waals surface area contributed by atoms with Gasteiger partial charge in [0.15, 0.2) is 5.76 Å². The van der Waals surface area contributed by atoms with Gasteiger partial charge in [0.1, 0.15) is 5.69 Å². The molecule has 0 unspecified atom stereocenters. The van der Waals surface area contributed by atoms with Crippen molar-refractivity contribution in [2.24, 2.45) is 0 Å². The molecule has 0 N–H and O–H groups in total. The standard InChI is InChI=1S/C20H17F3N2O/c21-20(22,23)19-9-8-18(26-19)17-7-6-15-13-25(11-10-16(15)24-17)12-14-4-2-1-3-5-14/h1-9H,10-13H2. The van der Waals surface area contributed by atoms with Crippen LogP contribution in [0.4, 0.5) is 13.2 Å². The summed E-state index contributed by atoms with van der Waals surface area (Å²) in [5, 5.41) is 0. The Labute approximate surface area is 149 Å². The molecule has 2 aromatic heterocycles. The number of hydrogen-bond donors (Lipinski definition) is 0. The van der Waals surface area contributed by atoms with Crippen molar-refractivity contribution in [3.63, 3.8) is 0 Å². The maximum atomic E-state index is 12.7. The van der Waals surface area contributed by atoms with E-state index in [1.807, 2.05) is 24.3 Å². The highest BCUT2D eigenvalue weighted by Gasteiger charge is 2.35. The summed E-state index contributed by atoms with van der Waals surface area (Å²) in [4.78, 5) is 6.87. The van der Waals surface area contributed by atoms with E-state index in [-0.39, 0.29) is 5.76 Å². The molecule has 1 aliphatic rings. The summed E-state index contributed by atoms with van der Waals surface area (Å²) >= 11 is 0. The van der Waals surface area contributed by atoms with E-state index in [2.05, 4.69) is 22.0 Å². The normalized spacial score (nSPS) is 15.0. The third kappa shape index (κ3) is 3.51. The number of rotatable bonds is 3. The number of aromatic nitrogens is 1. The van der Waals surface area contributed by atoms with E-state index in [0.29, 0.717) is 5.69 Å². The van der Waals surface area contributed by atoms with E-state index in [1.165, 1.54) is 11.6 Å². The lowest BCUT2D eigenvalue weighted by molar-refractivity contribution is -0.152. The average molecular weight is 358 g/mol. The predicted octanol–water partition coefficient (Wildman–Crippen LogP) is 4.92. The summed E-state index contributed by atoms with van der Waals surface area (Å²) < 4.78 is 43.0. The van der Waals surface area contributed by atoms with Gasteiger partial charge in [0.05, 0.1) is 0 Å². The van der Waals surface area contributed by atoms with Crippen LogP contribution in [-0.4, -0.2) is 16.4 Å². The molecule has 26 heavy (non-hydrogen) atoms. The van der Waals surface area contributed by atoms with Crippen molar-refractivity contribution in [2.45, 2.75) is 25.7 Å². The Morgan fingerprint density at radius 1 is 1.00 bits per heavy atom. The van der Waals surface area contributed by atoms with Crippen molar-refractivity contribution in [2.75, 3.05) is 6.54 Å². The van der Waals surface area contributed by atoms with Crippen molar-refractivity contribution in [1.29, 1.82) is 0 Å². The quantitative estimate of drug-likeness (QED) is 0.666. The summed E-state index contributed by atoms with van der Waals surface area (Å²) in [6, 6.07) is 16.2. The second kappa shape index (κ2) is 6.61. The summed E-state index contributed by atoms with van der Waals surface area (Å²) in [5.41, 5.74) is 3.74. The smallest absolute Gasteiger partial charge is 0.449 e. The SMILES string of the molecule is FC(F)(F)c1ccc(-c2ccc3c(n2)CCN(Cc2ccccc2)C3)o1. The molecule has 0 fully saturated rings. The average Bonchev–Trinajstić information content (AvgIpc) is 3.13. The number of pyridine rings is 1. The molecular formula is C20H17F3N2O. The van der Waals surface area contributed by atoms with Gasteiger partial charge >= 0.3 is 6.18 Å². The van der Waals surface area contributed by atoms with Crippen molar-refractivity contribution >= 4 is 0 Å². The molecule has 134 valence electrons. The van der Waals surface area contributed by atoms with Crippen LogP contribution in [0.15, 0.2) is 59.0 Å². The Balaban J connectivity index is 1.51. The number of benzene rings is 1. The molecule has 3 aromatic rings. The van der Waals surface area contributed by atoms with Crippen molar-refractivity contribution < 1.29 is 17.6 Å². The maximum Gasteiger partial charge on any atom is 0.449 e. The number of hydrogen-bond acceptors (Lipinski definition) is 3. The fourth-order valence-corrected chi connectivity index (χ4v) is 3.22. The van der Waals surface area contributed by atoms with Crippen molar-refractivity contribution in [1.82, 2.24) is 9.88 Å². The molecule has 3 nitrogen and oxygen atoms in total. The number of furan rings is 1. The molecule has 4 rings (SSSR count). The molecule has 1 aromatic carbocycles. The van der Waals surface area contributed by atoms with Crippen LogP contribution in [0, 0.1) is 0 Å². The second-order valence-electron chi connectivity index (χ2n) is 6.41. The van der Waals surface area contributed by atoms with E-state index in [4.69, 9.17) is 4.42 Å². The Morgan fingerprint density at radius 3 is 2.54 bits per heavy atom. The zero-order valence-electron chi connectivity index (χ0n) is 14.0. The van der Waals surface area contributed by atoms with Gasteiger partial charge in [-0.25, -0.2) is 4.98 Å². The fraction of sp³-hybridized carbons (Fsp3) is 0.250. The molecule has 6 heteroatoms. The van der Waals surface area contributed by atoms with Gasteiger partial charge in [0.2, 0.25) is 5.76 Å². The first-order chi connectivity index (χ1) is 12.5. The third-order valence-corrected chi connectivity index (χ3v) is 4.51. The summed E-state index contributed by atoms with van der Waals surface area (Å²) in [7, 11) is 0. The fourth-order valence-electron chi connectivity index (χ4n) is 3.22. The van der Waals surface area contributed by atoms with Crippen molar-refractivity contribution in [3.05, 3.63) is 77.2 Å². The maximum absolute atomic E-state index is 12.7. The number of halogens is 3. The molecule has 0 saturated carbocycles. The number of fused-ring (bicyclic) bond motifs is 1. The van der Waals surface area contributed by atoms with Gasteiger partial charge in [-0.05, 0) is 29.3 Å². The molecule has 0 aliphatic carbocycles. The summed E-state index contributed by atoms with van der Waals surface area (Å²) in [5.74, 6) is -0.854. The Kier molecular flexibility index (Phi) is 4.28. The third-order valence-electron chi connectivity index (χ3n) is 4.51. The zero-order valence-corrected chi connectivity index (χ0v) is 14.0. The summed E-state index contributed by atoms with van der Waals surface area (Å²) in [6.45, 7) is 2.52. The molecule has 0 atom stereocenters. The molecule has 0 saturated heterocycles. The zero-order chi connectivity index (χ0) is 18.1. The van der Waals surface area contributed by atoms with Gasteiger partial charge in [-0.2, -0.15) is 13.2 Å². The van der Waals surface area contributed by atoms with Gasteiger partial charge in [-0.3, -0.25) is 4.90 Å². The van der Waals surface area contributed by atoms with Crippen LogP contribution in [0.25, 0.3) is 11.5 Å². The number of nitrogens with zero attached hydrogens (tertiary/aromatic N) is 2. The van der Waals surface area contributed by atoms with E-state index in [9.17, 15) is 13.2 Å². The van der Waals surface area contributed by atoms with Gasteiger partial charge in [-0.15, -0.1) is 0 Å². The van der Waals surface area contributed by atoms with Crippen LogP contribution in [0.1, 0.15) is 22.6 Å². The van der Waals surface area contributed by atoms with Crippen LogP contribution in [0.3, 0.4) is 0 Å². The monoisotopic (exact) mass is 358 g/mol. The first-order valence-corrected chi connectivity index (χ1v) is 8.41. The van der Waals surface area contributed by atoms with E-state index in [0.717, 1.165) is 43.4 Å². The lowest BCUT2D eigenvalue weighted by Gasteiger charge is -2.28. The van der Waals surface area contributed by atoms with Gasteiger partial charge in [0.25, 0.3) is 0 Å². The minimum Gasteiger partial charge on any atom is -0.450 e. The lowest BCUT2D eigenvalue weighted by Crippen LogP contribution is -2.30. The molecule has 0 radical (unpaired) electrons. The molecular weight excluding hydrogens is 341 g/mol. The van der Waals surface area contributed by atoms with Crippen LogP contribution in [0.2, 0.25) is 0 Å². The van der Waals surface area contributed by atoms with Gasteiger partial charge < -0.3 is 4.42 Å². The highest BCUT2D eigenvalue weighted by atomic mass is 19.4. The summed E-state index contributed by atoms with van der Waals surface area (Å²) in [6.07, 6.45) is -3.72. The van der Waals surface area contributed by atoms with Crippen LogP contribution in [0.5, 0.6) is 0 Å². The first kappa shape index (κ1) is 16.8. The lowest BCUT2D eigenvalue weighted by atomic mass is 10.0. The highest BCUT2D eigenvalue weighted by molar-refractivity contribution is 5.53. The number of alkyl halides is 3. The minimum atomic E-state index is -4.48. The largest absolute Gasteiger partial charge is 0.450 e. The molecule has 0 bridgehead atoms. The van der Waals surface area contributed by atoms with E-state index >= 15 is 0 Å². The van der Waals surface area contributed by atoms with Crippen LogP contribution >= 0.6 is 0 Å². The Hall–Kier alpha value is -2.60. The van der Waals surface area contributed by atoms with Crippen molar-refractivity contribution in [3.8, 4) is 11.5 Å². The van der Waals surface area contributed by atoms with Gasteiger partial charge in [-0.1, -0.05) is 36.4 Å². The van der Waals surface area contributed by atoms with E-state index in [1.54, 1.807) is 6.07 Å². The van der Waals surface area contributed by atoms with Crippen LogP contribution < -0.4 is 0 Å². The second-order valence-corrected chi connectivity index (χ2v) is 6.41. The van der Waals surface area contributed by atoms with Crippen LogP contribution in [-0.2, 0) is 25.7 Å². The van der Waals surface area contributed by atoms with E-state index < -0.39 is 11.9 Å². The minimum absolute atomic E-state index is 0.145. The predicted molar refractivity (Wildman–Crippen MR) is 91.2 cm³/mol. The molecule has 3 heterocycles.